The molecule has 1 aromatic carbocycles. The highest BCUT2D eigenvalue weighted by molar-refractivity contribution is 8.00. The Morgan fingerprint density at radius 3 is 2.57 bits per heavy atom. The van der Waals surface area contributed by atoms with Gasteiger partial charge in [-0.15, -0.1) is 10.2 Å². The molecule has 2 heterocycles. The highest BCUT2D eigenvalue weighted by atomic mass is 32.2. The number of carbonyl (C=O) groups is 2. The van der Waals surface area contributed by atoms with Crippen molar-refractivity contribution in [3.05, 3.63) is 42.7 Å². The van der Waals surface area contributed by atoms with Gasteiger partial charge in [0, 0.05) is 38.4 Å². The third-order valence-electron chi connectivity index (χ3n) is 4.34. The molecular weight excluding hydrogens is 404 g/mol. The monoisotopic (exact) mass is 428 g/mol. The summed E-state index contributed by atoms with van der Waals surface area (Å²) >= 11 is 1.25. The van der Waals surface area contributed by atoms with Crippen LogP contribution in [0.5, 0.6) is 0 Å². The normalized spacial score (nSPS) is 11.8. The second-order valence-electron chi connectivity index (χ2n) is 6.84. The molecule has 2 aromatic heterocycles. The summed E-state index contributed by atoms with van der Waals surface area (Å²) in [5.41, 5.74) is 7.06. The molecule has 3 N–H and O–H groups in total. The number of nitrogens with one attached hydrogen (secondary N) is 1. The highest BCUT2D eigenvalue weighted by Crippen LogP contribution is 2.28. The van der Waals surface area contributed by atoms with Gasteiger partial charge in [0.1, 0.15) is 0 Å². The van der Waals surface area contributed by atoms with Crippen molar-refractivity contribution >= 4 is 35.0 Å². The highest BCUT2D eigenvalue weighted by Gasteiger charge is 2.22. The Hall–Kier alpha value is -3.27. The van der Waals surface area contributed by atoms with Crippen molar-refractivity contribution in [3.8, 4) is 11.6 Å². The average Bonchev–Trinajstić information content (AvgIpc) is 3.36. The molecule has 1 unspecified atom stereocenters. The molecule has 0 aliphatic carbocycles. The Kier molecular flexibility index (Phi) is 6.78. The van der Waals surface area contributed by atoms with Crippen LogP contribution in [0.25, 0.3) is 11.6 Å². The molecule has 9 nitrogen and oxygen atoms in total. The molecule has 0 aliphatic heterocycles. The largest absolute Gasteiger partial charge is 0.461 e. The van der Waals surface area contributed by atoms with Gasteiger partial charge < -0.3 is 20.4 Å². The number of benzene rings is 1. The van der Waals surface area contributed by atoms with Gasteiger partial charge in [-0.3, -0.25) is 14.2 Å². The molecule has 0 bridgehead atoms. The Balaban J connectivity index is 1.72. The zero-order valence-corrected chi connectivity index (χ0v) is 17.8. The lowest BCUT2D eigenvalue weighted by atomic mass is 10.2. The van der Waals surface area contributed by atoms with Crippen molar-refractivity contribution in [1.82, 2.24) is 14.8 Å². The molecule has 0 radical (unpaired) electrons. The lowest BCUT2D eigenvalue weighted by molar-refractivity contribution is -0.118. The number of nitrogens with two attached hydrogens (primary N) is 1. The third-order valence-corrected chi connectivity index (χ3v) is 5.42. The number of aromatic nitrogens is 3. The lowest BCUT2D eigenvalue weighted by Crippen LogP contribution is -2.23. The van der Waals surface area contributed by atoms with Gasteiger partial charge in [-0.25, -0.2) is 0 Å². The Labute approximate surface area is 178 Å². The van der Waals surface area contributed by atoms with Gasteiger partial charge in [0.25, 0.3) is 0 Å². The van der Waals surface area contributed by atoms with E-state index < -0.39 is 11.2 Å². The minimum atomic E-state index is -0.445. The van der Waals surface area contributed by atoms with Crippen LogP contribution in [0.15, 0.2) is 52.2 Å². The fourth-order valence-corrected chi connectivity index (χ4v) is 3.56. The first-order valence-electron chi connectivity index (χ1n) is 9.35. The smallest absolute Gasteiger partial charge is 0.237 e. The number of rotatable bonds is 9. The minimum absolute atomic E-state index is 0.123. The Morgan fingerprint density at radius 1 is 1.23 bits per heavy atom. The summed E-state index contributed by atoms with van der Waals surface area (Å²) in [6.45, 7) is 2.08. The molecule has 30 heavy (non-hydrogen) atoms. The maximum atomic E-state index is 12.7. The van der Waals surface area contributed by atoms with Gasteiger partial charge >= 0.3 is 0 Å². The van der Waals surface area contributed by atoms with Crippen molar-refractivity contribution in [1.29, 1.82) is 0 Å². The summed E-state index contributed by atoms with van der Waals surface area (Å²) in [6, 6.07) is 11.1. The van der Waals surface area contributed by atoms with E-state index in [0.29, 0.717) is 29.0 Å². The molecule has 3 rings (SSSR count). The van der Waals surface area contributed by atoms with Gasteiger partial charge in [-0.2, -0.15) is 0 Å². The molecule has 0 fully saturated rings. The number of nitrogens with zero attached hydrogens (tertiary/aromatic N) is 4. The number of thioether (sulfide) groups is 1. The van der Waals surface area contributed by atoms with Gasteiger partial charge in [-0.05, 0) is 43.3 Å². The summed E-state index contributed by atoms with van der Waals surface area (Å²) in [5.74, 6) is 0.408. The van der Waals surface area contributed by atoms with Gasteiger partial charge in [0.15, 0.2) is 16.7 Å². The SMILES string of the molecule is CC(Sc1nnc(-c2ccco2)n1CCC(N)=O)C(=O)Nc1ccc(N(C)C)cc1. The average molecular weight is 429 g/mol. The van der Waals surface area contributed by atoms with Crippen molar-refractivity contribution in [2.75, 3.05) is 24.3 Å². The van der Waals surface area contributed by atoms with Crippen LogP contribution in [0.3, 0.4) is 0 Å². The van der Waals surface area contributed by atoms with Crippen molar-refractivity contribution < 1.29 is 14.0 Å². The molecule has 0 aliphatic rings. The van der Waals surface area contributed by atoms with Crippen LogP contribution in [-0.2, 0) is 16.1 Å². The summed E-state index contributed by atoms with van der Waals surface area (Å²) in [6.07, 6.45) is 1.66. The van der Waals surface area contributed by atoms with Crippen LogP contribution >= 0.6 is 11.8 Å². The van der Waals surface area contributed by atoms with E-state index in [4.69, 9.17) is 10.2 Å². The summed E-state index contributed by atoms with van der Waals surface area (Å²) in [5, 5.41) is 11.3. The molecule has 158 valence electrons. The first-order chi connectivity index (χ1) is 14.3. The lowest BCUT2D eigenvalue weighted by Gasteiger charge is -2.15. The first kappa shape index (κ1) is 21.4. The summed E-state index contributed by atoms with van der Waals surface area (Å²) in [4.78, 5) is 25.9. The molecule has 3 aromatic rings. The van der Waals surface area contributed by atoms with Crippen LogP contribution in [0.1, 0.15) is 13.3 Å². The van der Waals surface area contributed by atoms with E-state index in [1.54, 1.807) is 23.6 Å². The van der Waals surface area contributed by atoms with Crippen LogP contribution in [0, 0.1) is 0 Å². The second kappa shape index (κ2) is 9.49. The molecule has 0 saturated heterocycles. The number of anilines is 2. The Bertz CT molecular complexity index is 998. The number of furan rings is 1. The Morgan fingerprint density at radius 2 is 1.97 bits per heavy atom. The molecule has 2 amide bonds. The quantitative estimate of drug-likeness (QED) is 0.503. The molecule has 0 saturated carbocycles. The van der Waals surface area contributed by atoms with E-state index in [1.165, 1.54) is 18.0 Å². The molecule has 0 spiro atoms. The molecular formula is C20H24N6O3S. The van der Waals surface area contributed by atoms with Crippen molar-refractivity contribution in [2.45, 2.75) is 30.3 Å². The van der Waals surface area contributed by atoms with Crippen LogP contribution in [0.2, 0.25) is 0 Å². The fourth-order valence-electron chi connectivity index (χ4n) is 2.69. The van der Waals surface area contributed by atoms with E-state index in [2.05, 4.69) is 15.5 Å². The molecule has 10 heteroatoms. The van der Waals surface area contributed by atoms with E-state index in [1.807, 2.05) is 43.3 Å². The predicted molar refractivity (Wildman–Crippen MR) is 116 cm³/mol. The predicted octanol–water partition coefficient (Wildman–Crippen LogP) is 2.60. The topological polar surface area (TPSA) is 119 Å². The van der Waals surface area contributed by atoms with Crippen molar-refractivity contribution in [2.24, 2.45) is 5.73 Å². The number of carbonyl (C=O) groups excluding carboxylic acids is 2. The molecule has 1 atom stereocenters. The number of hydrogen-bond acceptors (Lipinski definition) is 7. The van der Waals surface area contributed by atoms with Gasteiger partial charge in [-0.1, -0.05) is 11.8 Å². The van der Waals surface area contributed by atoms with E-state index in [-0.39, 0.29) is 12.3 Å². The first-order valence-corrected chi connectivity index (χ1v) is 10.2. The number of hydrogen-bond donors (Lipinski definition) is 2. The van der Waals surface area contributed by atoms with Gasteiger partial charge in [0.05, 0.1) is 11.5 Å². The van der Waals surface area contributed by atoms with E-state index >= 15 is 0 Å². The van der Waals surface area contributed by atoms with Gasteiger partial charge in [0.2, 0.25) is 11.8 Å². The van der Waals surface area contributed by atoms with E-state index in [9.17, 15) is 9.59 Å². The minimum Gasteiger partial charge on any atom is -0.461 e. The zero-order chi connectivity index (χ0) is 21.7. The summed E-state index contributed by atoms with van der Waals surface area (Å²) in [7, 11) is 3.91. The fraction of sp³-hybridized carbons (Fsp3) is 0.300. The third kappa shape index (κ3) is 5.20. The van der Waals surface area contributed by atoms with Crippen LogP contribution < -0.4 is 16.0 Å². The zero-order valence-electron chi connectivity index (χ0n) is 17.0. The van der Waals surface area contributed by atoms with Crippen molar-refractivity contribution in [3.63, 3.8) is 0 Å². The standard InChI is InChI=1S/C20H24N6O3S/c1-13(19(28)22-14-6-8-15(9-7-14)25(2)3)30-20-24-23-18(16-5-4-12-29-16)26(20)11-10-17(21)27/h4-9,12-13H,10-11H2,1-3H3,(H2,21,27)(H,22,28). The number of primary amides is 1. The maximum Gasteiger partial charge on any atom is 0.237 e. The number of amides is 2. The van der Waals surface area contributed by atoms with E-state index in [0.717, 1.165) is 5.69 Å². The summed E-state index contributed by atoms with van der Waals surface area (Å²) < 4.78 is 7.15. The van der Waals surface area contributed by atoms with Crippen LogP contribution in [-0.4, -0.2) is 45.9 Å². The van der Waals surface area contributed by atoms with Crippen LogP contribution in [0.4, 0.5) is 11.4 Å². The maximum absolute atomic E-state index is 12.7. The second-order valence-corrected chi connectivity index (χ2v) is 8.15.